The molecule has 168 valence electrons. The van der Waals surface area contributed by atoms with Crippen LogP contribution in [0.3, 0.4) is 0 Å². The van der Waals surface area contributed by atoms with E-state index in [9.17, 15) is 13.2 Å². The summed E-state index contributed by atoms with van der Waals surface area (Å²) in [5, 5.41) is 3.20. The molecule has 0 bridgehead atoms. The summed E-state index contributed by atoms with van der Waals surface area (Å²) >= 11 is 6.29. The number of hydrogen-bond acceptors (Lipinski definition) is 4. The van der Waals surface area contributed by atoms with Crippen LogP contribution >= 0.6 is 11.6 Å². The summed E-state index contributed by atoms with van der Waals surface area (Å²) in [6, 6.07) is 11.6. The lowest BCUT2D eigenvalue weighted by molar-refractivity contribution is 0.239. The molecule has 0 radical (unpaired) electrons. The van der Waals surface area contributed by atoms with E-state index in [4.69, 9.17) is 11.6 Å². The molecular formula is C23H30ClN3O3S. The Bertz CT molecular complexity index is 991. The molecule has 0 saturated heterocycles. The Morgan fingerprint density at radius 3 is 2.16 bits per heavy atom. The van der Waals surface area contributed by atoms with Crippen molar-refractivity contribution in [2.45, 2.75) is 51.0 Å². The van der Waals surface area contributed by atoms with Crippen LogP contribution in [0.15, 0.2) is 59.6 Å². The Kier molecular flexibility index (Phi) is 9.10. The number of amides is 2. The minimum absolute atomic E-state index is 0.203. The van der Waals surface area contributed by atoms with Gasteiger partial charge in [-0.15, -0.1) is 0 Å². The fourth-order valence-corrected chi connectivity index (χ4v) is 4.55. The lowest BCUT2D eigenvalue weighted by Gasteiger charge is -2.21. The van der Waals surface area contributed by atoms with Gasteiger partial charge in [0, 0.05) is 17.8 Å². The van der Waals surface area contributed by atoms with Crippen LogP contribution in [0, 0.1) is 0 Å². The molecule has 0 spiro atoms. The van der Waals surface area contributed by atoms with Gasteiger partial charge in [0.15, 0.2) is 9.84 Å². The highest BCUT2D eigenvalue weighted by atomic mass is 35.5. The Morgan fingerprint density at radius 2 is 1.61 bits per heavy atom. The smallest absolute Gasteiger partial charge is 0.314 e. The molecule has 0 aliphatic rings. The Labute approximate surface area is 190 Å². The normalized spacial score (nSPS) is 12.0. The fourth-order valence-electron chi connectivity index (χ4n) is 3.20. The molecule has 0 atom stereocenters. The SMILES string of the molecule is CC(C)c1cc(Cl)cc(C(C)C)c1CNNC(=O)NC=CCS(=O)(=O)c1ccccc1. The van der Waals surface area contributed by atoms with Gasteiger partial charge in [0.25, 0.3) is 0 Å². The van der Waals surface area contributed by atoms with Gasteiger partial charge in [0.05, 0.1) is 10.6 Å². The second kappa shape index (κ2) is 11.3. The third-order valence-corrected chi connectivity index (χ3v) is 6.58. The summed E-state index contributed by atoms with van der Waals surface area (Å²) in [6.45, 7) is 8.86. The number of hydrazine groups is 1. The highest BCUT2D eigenvalue weighted by Crippen LogP contribution is 2.31. The van der Waals surface area contributed by atoms with E-state index in [2.05, 4.69) is 43.9 Å². The molecule has 8 heteroatoms. The van der Waals surface area contributed by atoms with Crippen molar-refractivity contribution in [2.24, 2.45) is 0 Å². The van der Waals surface area contributed by atoms with Crippen molar-refractivity contribution in [3.05, 3.63) is 76.5 Å². The summed E-state index contributed by atoms with van der Waals surface area (Å²) in [7, 11) is -3.43. The van der Waals surface area contributed by atoms with Crippen LogP contribution in [-0.4, -0.2) is 20.2 Å². The van der Waals surface area contributed by atoms with Crippen molar-refractivity contribution < 1.29 is 13.2 Å². The van der Waals surface area contributed by atoms with Gasteiger partial charge in [-0.3, -0.25) is 5.43 Å². The van der Waals surface area contributed by atoms with Gasteiger partial charge in [-0.05, 0) is 52.8 Å². The van der Waals surface area contributed by atoms with E-state index >= 15 is 0 Å². The molecule has 2 rings (SSSR count). The van der Waals surface area contributed by atoms with Gasteiger partial charge >= 0.3 is 6.03 Å². The molecule has 6 nitrogen and oxygen atoms in total. The summed E-state index contributed by atoms with van der Waals surface area (Å²) in [4.78, 5) is 12.3. The number of urea groups is 1. The molecular weight excluding hydrogens is 434 g/mol. The molecule has 2 aromatic carbocycles. The molecule has 0 unspecified atom stereocenters. The van der Waals surface area contributed by atoms with E-state index in [0.717, 1.165) is 16.7 Å². The average molecular weight is 464 g/mol. The van der Waals surface area contributed by atoms with Gasteiger partial charge in [-0.25, -0.2) is 18.6 Å². The molecule has 2 aromatic rings. The molecule has 0 aliphatic carbocycles. The third kappa shape index (κ3) is 7.38. The number of carbonyl (C=O) groups excluding carboxylic acids is 1. The Hall–Kier alpha value is -2.35. The first-order valence-corrected chi connectivity index (χ1v) is 12.2. The molecule has 3 N–H and O–H groups in total. The van der Waals surface area contributed by atoms with Crippen molar-refractivity contribution in [3.8, 4) is 0 Å². The largest absolute Gasteiger partial charge is 0.333 e. The Morgan fingerprint density at radius 1 is 1.03 bits per heavy atom. The van der Waals surface area contributed by atoms with Crippen LogP contribution in [0.1, 0.15) is 56.2 Å². The number of nitrogens with one attached hydrogen (secondary N) is 3. The predicted molar refractivity (Wildman–Crippen MR) is 126 cm³/mol. The highest BCUT2D eigenvalue weighted by molar-refractivity contribution is 7.91. The number of hydrogen-bond donors (Lipinski definition) is 3. The van der Waals surface area contributed by atoms with Crippen molar-refractivity contribution in [1.82, 2.24) is 16.2 Å². The monoisotopic (exact) mass is 463 g/mol. The maximum absolute atomic E-state index is 12.2. The van der Waals surface area contributed by atoms with Crippen LogP contribution in [0.5, 0.6) is 0 Å². The van der Waals surface area contributed by atoms with Crippen molar-refractivity contribution in [1.29, 1.82) is 0 Å². The van der Waals surface area contributed by atoms with Crippen molar-refractivity contribution >= 4 is 27.5 Å². The molecule has 0 aromatic heterocycles. The quantitative estimate of drug-likeness (QED) is 0.462. The minimum Gasteiger partial charge on any atom is -0.314 e. The van der Waals surface area contributed by atoms with Gasteiger partial charge in [0.1, 0.15) is 0 Å². The zero-order valence-corrected chi connectivity index (χ0v) is 19.8. The molecule has 2 amide bonds. The topological polar surface area (TPSA) is 87.3 Å². The summed E-state index contributed by atoms with van der Waals surface area (Å²) in [6.07, 6.45) is 2.72. The zero-order chi connectivity index (χ0) is 23.0. The second-order valence-electron chi connectivity index (χ2n) is 7.82. The zero-order valence-electron chi connectivity index (χ0n) is 18.3. The van der Waals surface area contributed by atoms with Gasteiger partial charge < -0.3 is 5.32 Å². The van der Waals surface area contributed by atoms with Crippen LogP contribution in [0.2, 0.25) is 5.02 Å². The van der Waals surface area contributed by atoms with Gasteiger partial charge in [-0.2, -0.15) is 0 Å². The minimum atomic E-state index is -3.43. The predicted octanol–water partition coefficient (Wildman–Crippen LogP) is 4.88. The summed E-state index contributed by atoms with van der Waals surface area (Å²) in [5.74, 6) is 0.373. The lowest BCUT2D eigenvalue weighted by Crippen LogP contribution is -2.42. The first kappa shape index (κ1) is 24.9. The first-order valence-electron chi connectivity index (χ1n) is 10.2. The number of sulfone groups is 1. The molecule has 0 heterocycles. The van der Waals surface area contributed by atoms with E-state index < -0.39 is 15.9 Å². The van der Waals surface area contributed by atoms with E-state index in [1.54, 1.807) is 30.3 Å². The first-order chi connectivity index (χ1) is 14.6. The van der Waals surface area contributed by atoms with Crippen molar-refractivity contribution in [3.63, 3.8) is 0 Å². The fraction of sp³-hybridized carbons (Fsp3) is 0.348. The van der Waals surface area contributed by atoms with Crippen LogP contribution in [-0.2, 0) is 16.4 Å². The molecule has 0 aliphatic heterocycles. The number of benzene rings is 2. The van der Waals surface area contributed by atoms with E-state index in [1.165, 1.54) is 12.3 Å². The maximum Gasteiger partial charge on any atom is 0.333 e. The molecule has 0 saturated carbocycles. The average Bonchev–Trinajstić information content (AvgIpc) is 2.72. The number of rotatable bonds is 9. The second-order valence-corrected chi connectivity index (χ2v) is 10.3. The standard InChI is InChI=1S/C23H30ClN3O3S/c1-16(2)20-13-18(24)14-21(17(3)4)22(20)15-26-27-23(28)25-11-8-12-31(29,30)19-9-6-5-7-10-19/h5-11,13-14,16-17,26H,12,15H2,1-4H3,(H2,25,27,28). The summed E-state index contributed by atoms with van der Waals surface area (Å²) in [5.41, 5.74) is 8.89. The summed E-state index contributed by atoms with van der Waals surface area (Å²) < 4.78 is 24.4. The maximum atomic E-state index is 12.2. The van der Waals surface area contributed by atoms with Gasteiger partial charge in [0.2, 0.25) is 0 Å². The van der Waals surface area contributed by atoms with Crippen LogP contribution in [0.4, 0.5) is 4.79 Å². The van der Waals surface area contributed by atoms with E-state index in [1.807, 2.05) is 12.1 Å². The number of halogens is 1. The van der Waals surface area contributed by atoms with Crippen molar-refractivity contribution in [2.75, 3.05) is 5.75 Å². The molecule has 31 heavy (non-hydrogen) atoms. The highest BCUT2D eigenvalue weighted by Gasteiger charge is 2.15. The van der Waals surface area contributed by atoms with Crippen LogP contribution < -0.4 is 16.2 Å². The van der Waals surface area contributed by atoms with Gasteiger partial charge in [-0.1, -0.05) is 63.6 Å². The lowest BCUT2D eigenvalue weighted by atomic mass is 9.88. The van der Waals surface area contributed by atoms with E-state index in [-0.39, 0.29) is 22.5 Å². The van der Waals surface area contributed by atoms with Crippen LogP contribution in [0.25, 0.3) is 0 Å². The number of carbonyl (C=O) groups is 1. The third-order valence-electron chi connectivity index (χ3n) is 4.75. The molecule has 0 fully saturated rings. The van der Waals surface area contributed by atoms with E-state index in [0.29, 0.717) is 11.6 Å². The Balaban J connectivity index is 1.91.